The second-order valence-electron chi connectivity index (χ2n) is 8.58. The van der Waals surface area contributed by atoms with E-state index in [0.717, 1.165) is 73.0 Å². The molecule has 2 aliphatic rings. The van der Waals surface area contributed by atoms with Gasteiger partial charge in [0.05, 0.1) is 7.89 Å². The molecule has 164 valence electrons. The molecule has 0 radical (unpaired) electrons. The van der Waals surface area contributed by atoms with Crippen LogP contribution in [0, 0.1) is 0 Å². The Hall–Kier alpha value is -3.35. The lowest BCUT2D eigenvalue weighted by Crippen LogP contribution is -2.40. The third-order valence-electron chi connectivity index (χ3n) is 6.44. The van der Waals surface area contributed by atoms with E-state index in [2.05, 4.69) is 27.5 Å². The van der Waals surface area contributed by atoms with Gasteiger partial charge in [-0.3, -0.25) is 14.7 Å². The molecule has 1 amide bonds. The number of amidine groups is 1. The number of rotatable bonds is 7. The van der Waals surface area contributed by atoms with Crippen LogP contribution >= 0.6 is 0 Å². The van der Waals surface area contributed by atoms with Gasteiger partial charge in [-0.05, 0) is 41.2 Å². The molecule has 5 rings (SSSR count). The highest BCUT2D eigenvalue weighted by Gasteiger charge is 2.49. The van der Waals surface area contributed by atoms with Crippen molar-refractivity contribution in [2.45, 2.75) is 63.9 Å². The van der Waals surface area contributed by atoms with E-state index < -0.39 is 12.1 Å². The number of aromatic nitrogens is 4. The number of benzene rings is 2. The number of carbonyl (C=O) groups is 1. The Morgan fingerprint density at radius 2 is 1.84 bits per heavy atom. The number of tetrazole rings is 1. The maximum atomic E-state index is 13.5. The number of unbranched alkanes of at least 4 members (excludes halogenated alkanes) is 1. The first-order valence-electron chi connectivity index (χ1n) is 12.0. The first kappa shape index (κ1) is 19.3. The average molecular weight is 430 g/mol. The van der Waals surface area contributed by atoms with Gasteiger partial charge in [0.25, 0.3) is 5.91 Å². The lowest BCUT2D eigenvalue weighted by atomic mass is 9.97. The normalized spacial score (nSPS) is 18.8. The van der Waals surface area contributed by atoms with Gasteiger partial charge in [-0.25, -0.2) is 0 Å². The molecule has 1 aromatic heterocycles. The quantitative estimate of drug-likeness (QED) is 0.586. The molecule has 7 heteroatoms. The van der Waals surface area contributed by atoms with Crippen LogP contribution in [0.5, 0.6) is 0 Å². The van der Waals surface area contributed by atoms with E-state index in [4.69, 9.17) is 6.36 Å². The molecule has 1 N–H and O–H groups in total. The molecule has 32 heavy (non-hydrogen) atoms. The zero-order valence-corrected chi connectivity index (χ0v) is 18.3. The van der Waals surface area contributed by atoms with Crippen LogP contribution < -0.4 is 0 Å². The van der Waals surface area contributed by atoms with Crippen molar-refractivity contribution in [1.82, 2.24) is 25.5 Å². The fourth-order valence-corrected chi connectivity index (χ4v) is 4.72. The fraction of sp³-hybridized carbons (Fsp3) is 0.400. The summed E-state index contributed by atoms with van der Waals surface area (Å²) in [5, 5.41) is 14.4. The molecule has 7 nitrogen and oxygen atoms in total. The van der Waals surface area contributed by atoms with Crippen molar-refractivity contribution >= 4 is 11.7 Å². The predicted octanol–water partition coefficient (Wildman–Crippen LogP) is 4.78. The number of aliphatic imine (C=N–C) groups is 1. The van der Waals surface area contributed by atoms with Gasteiger partial charge in [0.2, 0.25) is 5.82 Å². The maximum Gasteiger partial charge on any atom is 0.256 e. The van der Waals surface area contributed by atoms with E-state index in [1.165, 1.54) is 0 Å². The van der Waals surface area contributed by atoms with Gasteiger partial charge in [-0.2, -0.15) is 5.21 Å². The summed E-state index contributed by atoms with van der Waals surface area (Å²) >= 11 is 0. The molecule has 1 fully saturated rings. The van der Waals surface area contributed by atoms with Crippen molar-refractivity contribution in [2.75, 3.05) is 0 Å². The summed E-state index contributed by atoms with van der Waals surface area (Å²) < 4.78 is 8.98. The number of amides is 1. The largest absolute Gasteiger partial charge is 0.294 e. The number of aromatic amines is 1. The molecule has 0 bridgehead atoms. The van der Waals surface area contributed by atoms with Crippen LogP contribution in [0.4, 0.5) is 0 Å². The Balaban J connectivity index is 1.43. The van der Waals surface area contributed by atoms with E-state index in [9.17, 15) is 4.79 Å². The van der Waals surface area contributed by atoms with Gasteiger partial charge >= 0.3 is 0 Å². The number of nitrogens with one attached hydrogen (secondary N) is 1. The van der Waals surface area contributed by atoms with E-state index in [1.807, 2.05) is 48.5 Å². The van der Waals surface area contributed by atoms with Gasteiger partial charge in [-0.1, -0.05) is 74.7 Å². The summed E-state index contributed by atoms with van der Waals surface area (Å²) in [6.07, 6.45) is 6.41. The number of hydrogen-bond acceptors (Lipinski definition) is 5. The zero-order chi connectivity index (χ0) is 22.8. The van der Waals surface area contributed by atoms with Crippen LogP contribution in [0.2, 0.25) is 0 Å². The summed E-state index contributed by atoms with van der Waals surface area (Å²) in [6.45, 7) is 1.34. The standard InChI is InChI=1S/C25H28N6O/c1-2-3-10-22-26-25(15-6-7-16-25)24(32)31(22)17-18-11-13-19(14-12-18)20-8-4-5-9-21(20)23-27-29-30-28-23/h4-5,8-9,11-14H,2-3,6-7,10,15-17H2,1H3,(H,27,28,29,30)/i17D. The lowest BCUT2D eigenvalue weighted by Gasteiger charge is -2.23. The minimum absolute atomic E-state index is 0.0117. The summed E-state index contributed by atoms with van der Waals surface area (Å²) in [5.41, 5.74) is 3.02. The first-order chi connectivity index (χ1) is 16.1. The fourth-order valence-electron chi connectivity index (χ4n) is 4.72. The Bertz CT molecular complexity index is 1150. The molecule has 1 saturated carbocycles. The van der Waals surface area contributed by atoms with Crippen LogP contribution in [0.3, 0.4) is 0 Å². The molecule has 3 aromatic rings. The topological polar surface area (TPSA) is 87.1 Å². The molecular formula is C25H28N6O. The third kappa shape index (κ3) is 3.72. The van der Waals surface area contributed by atoms with Crippen LogP contribution in [0.15, 0.2) is 53.5 Å². The van der Waals surface area contributed by atoms with E-state index in [0.29, 0.717) is 5.82 Å². The van der Waals surface area contributed by atoms with Crippen molar-refractivity contribution in [2.24, 2.45) is 4.99 Å². The Labute approximate surface area is 189 Å². The minimum Gasteiger partial charge on any atom is -0.294 e. The SMILES string of the molecule is [2H]C(c1ccc(-c2ccccc2-c2nn[nH]n2)cc1)N1C(=O)C2(CCCC2)N=C1CCCC. The van der Waals surface area contributed by atoms with Crippen molar-refractivity contribution in [3.63, 3.8) is 0 Å². The highest BCUT2D eigenvalue weighted by Crippen LogP contribution is 2.40. The molecule has 2 heterocycles. The van der Waals surface area contributed by atoms with E-state index in [-0.39, 0.29) is 5.91 Å². The number of H-pyrrole nitrogens is 1. The zero-order valence-electron chi connectivity index (χ0n) is 19.3. The molecule has 1 atom stereocenters. The van der Waals surface area contributed by atoms with Crippen molar-refractivity contribution in [1.29, 1.82) is 0 Å². The van der Waals surface area contributed by atoms with Crippen molar-refractivity contribution < 1.29 is 6.17 Å². The van der Waals surface area contributed by atoms with Crippen LogP contribution in [0.25, 0.3) is 22.5 Å². The molecule has 1 unspecified atom stereocenters. The van der Waals surface area contributed by atoms with Crippen LogP contribution in [-0.4, -0.2) is 42.8 Å². The lowest BCUT2D eigenvalue weighted by molar-refractivity contribution is -0.131. The molecule has 1 aliphatic heterocycles. The van der Waals surface area contributed by atoms with Gasteiger partial charge in [0, 0.05) is 12.0 Å². The highest BCUT2D eigenvalue weighted by molar-refractivity contribution is 6.08. The molecule has 1 spiro atoms. The van der Waals surface area contributed by atoms with Gasteiger partial charge < -0.3 is 0 Å². The number of carbonyl (C=O) groups excluding carboxylic acids is 1. The molecule has 0 saturated heterocycles. The smallest absolute Gasteiger partial charge is 0.256 e. The van der Waals surface area contributed by atoms with Gasteiger partial charge in [0.15, 0.2) is 0 Å². The first-order valence-corrected chi connectivity index (χ1v) is 11.4. The third-order valence-corrected chi connectivity index (χ3v) is 6.44. The Kier molecular flexibility index (Phi) is 5.23. The second kappa shape index (κ2) is 8.65. The summed E-state index contributed by atoms with van der Waals surface area (Å²) in [5.74, 6) is 1.34. The van der Waals surface area contributed by atoms with E-state index >= 15 is 0 Å². The Morgan fingerprint density at radius 3 is 2.53 bits per heavy atom. The molecule has 2 aromatic carbocycles. The van der Waals surface area contributed by atoms with E-state index in [1.54, 1.807) is 4.90 Å². The van der Waals surface area contributed by atoms with Crippen molar-refractivity contribution in [3.05, 3.63) is 54.1 Å². The van der Waals surface area contributed by atoms with Crippen LogP contribution in [0.1, 0.15) is 58.8 Å². The number of hydrogen-bond donors (Lipinski definition) is 1. The maximum absolute atomic E-state index is 13.5. The van der Waals surface area contributed by atoms with Crippen molar-refractivity contribution in [3.8, 4) is 22.5 Å². The summed E-state index contributed by atoms with van der Waals surface area (Å²) in [7, 11) is 0. The van der Waals surface area contributed by atoms with Gasteiger partial charge in [-0.15, -0.1) is 10.2 Å². The monoisotopic (exact) mass is 429 g/mol. The summed E-state index contributed by atoms with van der Waals surface area (Å²) in [6, 6.07) is 15.7. The Morgan fingerprint density at radius 1 is 1.09 bits per heavy atom. The number of nitrogens with zero attached hydrogens (tertiary/aromatic N) is 5. The second-order valence-corrected chi connectivity index (χ2v) is 8.58. The molecule has 1 aliphatic carbocycles. The minimum atomic E-state index is -0.797. The predicted molar refractivity (Wildman–Crippen MR) is 124 cm³/mol. The van der Waals surface area contributed by atoms with Crippen LogP contribution in [-0.2, 0) is 11.3 Å². The average Bonchev–Trinajstić information content (AvgIpc) is 3.60. The molecular weight excluding hydrogens is 400 g/mol. The highest BCUT2D eigenvalue weighted by atomic mass is 16.2. The van der Waals surface area contributed by atoms with Gasteiger partial charge in [0.1, 0.15) is 11.4 Å². The summed E-state index contributed by atoms with van der Waals surface area (Å²) in [4.78, 5) is 20.0.